The number of aliphatic carboxylic acids is 1. The maximum Gasteiger partial charge on any atom is 0.306 e. The van der Waals surface area contributed by atoms with E-state index in [0.717, 1.165) is 16.3 Å². The molecule has 2 atom stereocenters. The van der Waals surface area contributed by atoms with Crippen molar-refractivity contribution in [3.63, 3.8) is 0 Å². The number of ether oxygens (including phenoxy) is 1. The molecule has 4 heteroatoms. The molecule has 2 unspecified atom stereocenters. The molecule has 2 rings (SSSR count). The Labute approximate surface area is 148 Å². The predicted molar refractivity (Wildman–Crippen MR) is 98.3 cm³/mol. The van der Waals surface area contributed by atoms with Crippen LogP contribution in [0.15, 0.2) is 42.5 Å². The molecule has 134 valence electrons. The zero-order valence-electron chi connectivity index (χ0n) is 15.1. The van der Waals surface area contributed by atoms with Gasteiger partial charge in [0.1, 0.15) is 6.10 Å². The van der Waals surface area contributed by atoms with Crippen LogP contribution < -0.4 is 0 Å². The number of hydrogen-bond donors (Lipinski definition) is 1. The number of esters is 1. The fraction of sp³-hybridized carbons (Fsp3) is 0.429. The van der Waals surface area contributed by atoms with E-state index in [1.54, 1.807) is 0 Å². The molecule has 2 aromatic carbocycles. The second-order valence-electron chi connectivity index (χ2n) is 7.04. The summed E-state index contributed by atoms with van der Waals surface area (Å²) >= 11 is 0. The number of carbonyl (C=O) groups is 2. The van der Waals surface area contributed by atoms with Crippen LogP contribution in [0.4, 0.5) is 0 Å². The Balaban J connectivity index is 2.00. The van der Waals surface area contributed by atoms with Gasteiger partial charge in [0.2, 0.25) is 0 Å². The fourth-order valence-electron chi connectivity index (χ4n) is 3.16. The average Bonchev–Trinajstić information content (AvgIpc) is 2.52. The highest BCUT2D eigenvalue weighted by atomic mass is 16.5. The van der Waals surface area contributed by atoms with Crippen LogP contribution in [0, 0.1) is 11.8 Å². The average molecular weight is 342 g/mol. The molecule has 2 aromatic rings. The number of rotatable bonds is 8. The summed E-state index contributed by atoms with van der Waals surface area (Å²) in [7, 11) is 0. The minimum Gasteiger partial charge on any atom is -0.481 e. The van der Waals surface area contributed by atoms with Crippen molar-refractivity contribution in [1.29, 1.82) is 0 Å². The van der Waals surface area contributed by atoms with Gasteiger partial charge in [-0.25, -0.2) is 0 Å². The molecule has 0 aliphatic carbocycles. The molecule has 0 aromatic heterocycles. The van der Waals surface area contributed by atoms with Crippen molar-refractivity contribution < 1.29 is 19.4 Å². The van der Waals surface area contributed by atoms with Crippen molar-refractivity contribution >= 4 is 22.7 Å². The molecule has 0 saturated carbocycles. The van der Waals surface area contributed by atoms with Crippen LogP contribution in [0.3, 0.4) is 0 Å². The SMILES string of the molecule is CC(C)CC(CC(=O)O)CC(=O)OC(C)c1ccc2ccccc2c1. The van der Waals surface area contributed by atoms with Crippen molar-refractivity contribution in [3.8, 4) is 0 Å². The van der Waals surface area contributed by atoms with E-state index in [9.17, 15) is 9.59 Å². The summed E-state index contributed by atoms with van der Waals surface area (Å²) in [6.45, 7) is 5.90. The van der Waals surface area contributed by atoms with Gasteiger partial charge in [0.25, 0.3) is 0 Å². The number of benzene rings is 2. The van der Waals surface area contributed by atoms with Crippen molar-refractivity contribution in [1.82, 2.24) is 0 Å². The van der Waals surface area contributed by atoms with Gasteiger partial charge in [-0.1, -0.05) is 50.2 Å². The standard InChI is InChI=1S/C21H26O4/c1-14(2)10-16(11-20(22)23)12-21(24)25-15(3)18-9-8-17-6-4-5-7-19(17)13-18/h4-9,13-16H,10-12H2,1-3H3,(H,22,23). The molecule has 0 aliphatic rings. The van der Waals surface area contributed by atoms with Gasteiger partial charge < -0.3 is 9.84 Å². The Kier molecular flexibility index (Phi) is 6.57. The topological polar surface area (TPSA) is 63.6 Å². The Morgan fingerprint density at radius 3 is 2.32 bits per heavy atom. The van der Waals surface area contributed by atoms with Crippen molar-refractivity contribution in [2.75, 3.05) is 0 Å². The lowest BCUT2D eigenvalue weighted by molar-refractivity contribution is -0.150. The molecular weight excluding hydrogens is 316 g/mol. The minimum atomic E-state index is -0.874. The maximum atomic E-state index is 12.2. The van der Waals surface area contributed by atoms with Crippen LogP contribution in [0.25, 0.3) is 10.8 Å². The van der Waals surface area contributed by atoms with Crippen LogP contribution in [0.2, 0.25) is 0 Å². The van der Waals surface area contributed by atoms with E-state index >= 15 is 0 Å². The van der Waals surface area contributed by atoms with Crippen LogP contribution in [0.1, 0.15) is 51.7 Å². The molecule has 4 nitrogen and oxygen atoms in total. The zero-order valence-corrected chi connectivity index (χ0v) is 15.1. The number of hydrogen-bond acceptors (Lipinski definition) is 3. The Morgan fingerprint density at radius 1 is 1.00 bits per heavy atom. The summed E-state index contributed by atoms with van der Waals surface area (Å²) in [5, 5.41) is 11.3. The van der Waals surface area contributed by atoms with E-state index < -0.39 is 5.97 Å². The summed E-state index contributed by atoms with van der Waals surface area (Å²) in [6.07, 6.45) is 0.479. The quantitative estimate of drug-likeness (QED) is 0.688. The van der Waals surface area contributed by atoms with Crippen molar-refractivity contribution in [2.24, 2.45) is 11.8 Å². The van der Waals surface area contributed by atoms with Gasteiger partial charge in [-0.2, -0.15) is 0 Å². The number of carboxylic acids is 1. The van der Waals surface area contributed by atoms with E-state index in [1.807, 2.05) is 63.2 Å². The highest BCUT2D eigenvalue weighted by Gasteiger charge is 2.21. The first-order chi connectivity index (χ1) is 11.8. The Bertz CT molecular complexity index is 736. The van der Waals surface area contributed by atoms with E-state index in [-0.39, 0.29) is 30.8 Å². The second-order valence-corrected chi connectivity index (χ2v) is 7.04. The zero-order chi connectivity index (χ0) is 18.4. The van der Waals surface area contributed by atoms with Gasteiger partial charge in [0, 0.05) is 12.8 Å². The largest absolute Gasteiger partial charge is 0.481 e. The summed E-state index contributed by atoms with van der Waals surface area (Å²) in [5.74, 6) is -1.06. The number of fused-ring (bicyclic) bond motifs is 1. The summed E-state index contributed by atoms with van der Waals surface area (Å²) in [4.78, 5) is 23.2. The highest BCUT2D eigenvalue weighted by molar-refractivity contribution is 5.83. The van der Waals surface area contributed by atoms with Gasteiger partial charge in [0.05, 0.1) is 0 Å². The van der Waals surface area contributed by atoms with Gasteiger partial charge in [-0.3, -0.25) is 9.59 Å². The molecule has 0 aliphatic heterocycles. The Hall–Kier alpha value is -2.36. The van der Waals surface area contributed by atoms with E-state index in [1.165, 1.54) is 0 Å². The molecule has 25 heavy (non-hydrogen) atoms. The molecule has 0 bridgehead atoms. The highest BCUT2D eigenvalue weighted by Crippen LogP contribution is 2.25. The minimum absolute atomic E-state index is 0.00235. The first-order valence-electron chi connectivity index (χ1n) is 8.75. The van der Waals surface area contributed by atoms with Crippen LogP contribution >= 0.6 is 0 Å². The molecular formula is C21H26O4. The van der Waals surface area contributed by atoms with E-state index in [4.69, 9.17) is 9.84 Å². The van der Waals surface area contributed by atoms with E-state index in [0.29, 0.717) is 12.3 Å². The van der Waals surface area contributed by atoms with Crippen molar-refractivity contribution in [2.45, 2.75) is 46.1 Å². The predicted octanol–water partition coefficient (Wildman–Crippen LogP) is 4.97. The van der Waals surface area contributed by atoms with Gasteiger partial charge in [-0.15, -0.1) is 0 Å². The molecule has 0 heterocycles. The molecule has 0 spiro atoms. The van der Waals surface area contributed by atoms with Gasteiger partial charge in [0.15, 0.2) is 0 Å². The summed E-state index contributed by atoms with van der Waals surface area (Å²) < 4.78 is 5.55. The number of carboxylic acid groups (broad SMARTS) is 1. The van der Waals surface area contributed by atoms with E-state index in [2.05, 4.69) is 0 Å². The van der Waals surface area contributed by atoms with Crippen LogP contribution in [-0.4, -0.2) is 17.0 Å². The lowest BCUT2D eigenvalue weighted by Gasteiger charge is -2.19. The molecule has 0 amide bonds. The third-order valence-electron chi connectivity index (χ3n) is 4.27. The summed E-state index contributed by atoms with van der Waals surface area (Å²) in [6, 6.07) is 14.0. The lowest BCUT2D eigenvalue weighted by atomic mass is 9.91. The third kappa shape index (κ3) is 5.89. The van der Waals surface area contributed by atoms with Crippen LogP contribution in [-0.2, 0) is 14.3 Å². The maximum absolute atomic E-state index is 12.2. The summed E-state index contributed by atoms with van der Waals surface area (Å²) in [5.41, 5.74) is 0.936. The second kappa shape index (κ2) is 8.65. The van der Waals surface area contributed by atoms with Gasteiger partial charge >= 0.3 is 11.9 Å². The molecule has 0 radical (unpaired) electrons. The molecule has 0 fully saturated rings. The van der Waals surface area contributed by atoms with Crippen molar-refractivity contribution in [3.05, 3.63) is 48.0 Å². The first-order valence-corrected chi connectivity index (χ1v) is 8.75. The molecule has 1 N–H and O–H groups in total. The lowest BCUT2D eigenvalue weighted by Crippen LogP contribution is -2.18. The number of carbonyl (C=O) groups excluding carboxylic acids is 1. The normalized spacial score (nSPS) is 13.6. The van der Waals surface area contributed by atoms with Gasteiger partial charge in [-0.05, 0) is 47.6 Å². The first kappa shape index (κ1) is 19.0. The fourth-order valence-corrected chi connectivity index (χ4v) is 3.16. The molecule has 0 saturated heterocycles. The smallest absolute Gasteiger partial charge is 0.306 e. The van der Waals surface area contributed by atoms with Crippen LogP contribution in [0.5, 0.6) is 0 Å². The monoisotopic (exact) mass is 342 g/mol. The third-order valence-corrected chi connectivity index (χ3v) is 4.27. The Morgan fingerprint density at radius 2 is 1.68 bits per heavy atom.